The summed E-state index contributed by atoms with van der Waals surface area (Å²) in [7, 11) is 0. The highest BCUT2D eigenvalue weighted by Gasteiger charge is 2.09. The van der Waals surface area contributed by atoms with E-state index < -0.39 is 11.1 Å². The molecule has 5 N–H and O–H groups in total. The monoisotopic (exact) mass is 216 g/mol. The molecule has 1 unspecified atom stereocenters. The lowest BCUT2D eigenvalue weighted by molar-refractivity contribution is 0.318. The van der Waals surface area contributed by atoms with E-state index in [0.29, 0.717) is 0 Å². The van der Waals surface area contributed by atoms with Crippen LogP contribution in [-0.4, -0.2) is 24.9 Å². The standard InChI is InChI=1S/C7H8N2O4S/c8-7(9-11)4-1-2-5(10)6(3-4)14(12)13/h1-3,10-11H,(H2,8,9)(H,12,13). The quantitative estimate of drug-likeness (QED) is 0.183. The molecule has 0 spiro atoms. The van der Waals surface area contributed by atoms with Gasteiger partial charge in [0.15, 0.2) is 16.9 Å². The molecule has 76 valence electrons. The second-order valence-corrected chi connectivity index (χ2v) is 3.36. The van der Waals surface area contributed by atoms with Gasteiger partial charge in [-0.15, -0.1) is 0 Å². The van der Waals surface area contributed by atoms with E-state index in [1.54, 1.807) is 0 Å². The smallest absolute Gasteiger partial charge is 0.190 e. The number of nitrogens with two attached hydrogens (primary N) is 1. The highest BCUT2D eigenvalue weighted by Crippen LogP contribution is 2.21. The molecule has 1 aromatic rings. The molecule has 0 radical (unpaired) electrons. The maximum atomic E-state index is 10.7. The first-order valence-electron chi connectivity index (χ1n) is 3.48. The summed E-state index contributed by atoms with van der Waals surface area (Å²) in [6.45, 7) is 0. The van der Waals surface area contributed by atoms with Crippen LogP contribution in [0.3, 0.4) is 0 Å². The SMILES string of the molecule is NC(=NO)c1ccc(O)c(S(=O)O)c1. The summed E-state index contributed by atoms with van der Waals surface area (Å²) in [6.07, 6.45) is 0. The Hall–Kier alpha value is -1.60. The third-order valence-electron chi connectivity index (χ3n) is 1.55. The molecule has 0 aromatic heterocycles. The van der Waals surface area contributed by atoms with Crippen LogP contribution >= 0.6 is 0 Å². The van der Waals surface area contributed by atoms with Crippen molar-refractivity contribution in [3.63, 3.8) is 0 Å². The van der Waals surface area contributed by atoms with Crippen molar-refractivity contribution in [2.45, 2.75) is 4.90 Å². The normalized spacial score (nSPS) is 13.9. The van der Waals surface area contributed by atoms with Gasteiger partial charge < -0.3 is 20.6 Å². The molecule has 0 aliphatic heterocycles. The zero-order valence-corrected chi connectivity index (χ0v) is 7.73. The van der Waals surface area contributed by atoms with Crippen molar-refractivity contribution in [3.8, 4) is 5.75 Å². The third kappa shape index (κ3) is 2.01. The summed E-state index contributed by atoms with van der Waals surface area (Å²) in [5.41, 5.74) is 5.50. The van der Waals surface area contributed by atoms with E-state index in [1.165, 1.54) is 18.2 Å². The van der Waals surface area contributed by atoms with Crippen LogP contribution in [0, 0.1) is 0 Å². The molecular weight excluding hydrogens is 208 g/mol. The first kappa shape index (κ1) is 10.5. The molecule has 0 aliphatic carbocycles. The fraction of sp³-hybridized carbons (Fsp3) is 0. The fourth-order valence-corrected chi connectivity index (χ4v) is 1.35. The number of phenols is 1. The van der Waals surface area contributed by atoms with Gasteiger partial charge in [-0.05, 0) is 18.2 Å². The predicted molar refractivity (Wildman–Crippen MR) is 49.7 cm³/mol. The van der Waals surface area contributed by atoms with Gasteiger partial charge in [-0.2, -0.15) is 0 Å². The highest BCUT2D eigenvalue weighted by atomic mass is 32.2. The molecule has 1 aromatic carbocycles. The van der Waals surface area contributed by atoms with Gasteiger partial charge >= 0.3 is 0 Å². The highest BCUT2D eigenvalue weighted by molar-refractivity contribution is 7.79. The van der Waals surface area contributed by atoms with Crippen LogP contribution in [0.5, 0.6) is 5.75 Å². The van der Waals surface area contributed by atoms with Gasteiger partial charge in [-0.25, -0.2) is 4.21 Å². The first-order valence-corrected chi connectivity index (χ1v) is 4.58. The van der Waals surface area contributed by atoms with Crippen molar-refractivity contribution in [2.24, 2.45) is 10.9 Å². The molecule has 0 aliphatic rings. The summed E-state index contributed by atoms with van der Waals surface area (Å²) in [5.74, 6) is -0.517. The molecule has 0 bridgehead atoms. The van der Waals surface area contributed by atoms with Gasteiger partial charge in [0.2, 0.25) is 0 Å². The van der Waals surface area contributed by atoms with Gasteiger partial charge in [0, 0.05) is 5.56 Å². The molecule has 6 nitrogen and oxygen atoms in total. The van der Waals surface area contributed by atoms with Crippen molar-refractivity contribution in [1.29, 1.82) is 0 Å². The van der Waals surface area contributed by atoms with Gasteiger partial charge in [-0.3, -0.25) is 0 Å². The molecular formula is C7H8N2O4S. The van der Waals surface area contributed by atoms with Crippen LogP contribution in [0.1, 0.15) is 5.56 Å². The number of oxime groups is 1. The van der Waals surface area contributed by atoms with E-state index in [2.05, 4.69) is 5.16 Å². The second-order valence-electron chi connectivity index (χ2n) is 2.42. The molecule has 0 saturated carbocycles. The van der Waals surface area contributed by atoms with E-state index in [0.717, 1.165) is 0 Å². The van der Waals surface area contributed by atoms with Crippen molar-refractivity contribution in [2.75, 3.05) is 0 Å². The maximum Gasteiger partial charge on any atom is 0.190 e. The second kappa shape index (κ2) is 4.07. The number of aromatic hydroxyl groups is 1. The van der Waals surface area contributed by atoms with Crippen LogP contribution in [0.4, 0.5) is 0 Å². The third-order valence-corrected chi connectivity index (χ3v) is 2.25. The number of hydrogen-bond acceptors (Lipinski definition) is 4. The number of nitrogens with zero attached hydrogens (tertiary/aromatic N) is 1. The Bertz CT molecular complexity index is 405. The topological polar surface area (TPSA) is 116 Å². The average molecular weight is 216 g/mol. The largest absolute Gasteiger partial charge is 0.507 e. The number of phenolic OH excluding ortho intramolecular Hbond substituents is 1. The van der Waals surface area contributed by atoms with Crippen LogP contribution in [0.25, 0.3) is 0 Å². The van der Waals surface area contributed by atoms with Crippen molar-refractivity contribution in [3.05, 3.63) is 23.8 Å². The molecule has 0 amide bonds. The van der Waals surface area contributed by atoms with Crippen molar-refractivity contribution < 1.29 is 19.1 Å². The van der Waals surface area contributed by atoms with Gasteiger partial charge in [0.1, 0.15) is 10.6 Å². The number of amidine groups is 1. The molecule has 0 saturated heterocycles. The number of benzene rings is 1. The minimum atomic E-state index is -2.31. The zero-order chi connectivity index (χ0) is 10.7. The van der Waals surface area contributed by atoms with Gasteiger partial charge in [-0.1, -0.05) is 5.16 Å². The van der Waals surface area contributed by atoms with Gasteiger partial charge in [0.25, 0.3) is 0 Å². The minimum Gasteiger partial charge on any atom is -0.507 e. The predicted octanol–water partition coefficient (Wildman–Crippen LogP) is 0.0673. The van der Waals surface area contributed by atoms with Crippen LogP contribution in [0.15, 0.2) is 28.3 Å². The molecule has 1 rings (SSSR count). The van der Waals surface area contributed by atoms with E-state index in [9.17, 15) is 4.21 Å². The lowest BCUT2D eigenvalue weighted by atomic mass is 10.2. The lowest BCUT2D eigenvalue weighted by Crippen LogP contribution is -2.13. The molecule has 14 heavy (non-hydrogen) atoms. The van der Waals surface area contributed by atoms with E-state index >= 15 is 0 Å². The number of hydrogen-bond donors (Lipinski definition) is 4. The average Bonchev–Trinajstić information content (AvgIpc) is 2.17. The Kier molecular flexibility index (Phi) is 3.05. The Balaban J connectivity index is 3.26. The lowest BCUT2D eigenvalue weighted by Gasteiger charge is -2.02. The minimum absolute atomic E-state index is 0.186. The van der Waals surface area contributed by atoms with Crippen LogP contribution < -0.4 is 5.73 Å². The molecule has 0 fully saturated rings. The van der Waals surface area contributed by atoms with E-state index in [1.807, 2.05) is 0 Å². The van der Waals surface area contributed by atoms with E-state index in [-0.39, 0.29) is 22.0 Å². The Labute approximate surface area is 82.0 Å². The summed E-state index contributed by atoms with van der Waals surface area (Å²) >= 11 is -2.31. The summed E-state index contributed by atoms with van der Waals surface area (Å²) < 4.78 is 19.4. The summed E-state index contributed by atoms with van der Waals surface area (Å²) in [5, 5.41) is 20.2. The summed E-state index contributed by atoms with van der Waals surface area (Å²) in [6, 6.07) is 3.72. The van der Waals surface area contributed by atoms with E-state index in [4.69, 9.17) is 20.6 Å². The molecule has 0 heterocycles. The number of rotatable bonds is 2. The Morgan fingerprint density at radius 3 is 2.64 bits per heavy atom. The van der Waals surface area contributed by atoms with Crippen LogP contribution in [-0.2, 0) is 11.1 Å². The van der Waals surface area contributed by atoms with Crippen LogP contribution in [0.2, 0.25) is 0 Å². The maximum absolute atomic E-state index is 10.7. The fourth-order valence-electron chi connectivity index (χ4n) is 0.871. The Morgan fingerprint density at radius 2 is 2.14 bits per heavy atom. The van der Waals surface area contributed by atoms with Gasteiger partial charge in [0.05, 0.1) is 0 Å². The van der Waals surface area contributed by atoms with Crippen molar-refractivity contribution >= 4 is 16.9 Å². The zero-order valence-electron chi connectivity index (χ0n) is 6.91. The molecule has 1 atom stereocenters. The van der Waals surface area contributed by atoms with Crippen molar-refractivity contribution in [1.82, 2.24) is 0 Å². The summed E-state index contributed by atoms with van der Waals surface area (Å²) in [4.78, 5) is -0.186. The Morgan fingerprint density at radius 1 is 1.50 bits per heavy atom. The first-order chi connectivity index (χ1) is 6.56. The molecule has 7 heteroatoms.